The molecule has 0 fully saturated rings. The summed E-state index contributed by atoms with van der Waals surface area (Å²) in [7, 11) is 0. The molecule has 0 unspecified atom stereocenters. The normalized spacial score (nSPS) is 8.86. The van der Waals surface area contributed by atoms with Crippen molar-refractivity contribution in [2.45, 2.75) is 20.8 Å². The van der Waals surface area contributed by atoms with Gasteiger partial charge in [-0.2, -0.15) is 0 Å². The second-order valence-electron chi connectivity index (χ2n) is 2.42. The summed E-state index contributed by atoms with van der Waals surface area (Å²) < 4.78 is 12.7. The summed E-state index contributed by atoms with van der Waals surface area (Å²) in [6, 6.07) is 2.07. The lowest BCUT2D eigenvalue weighted by atomic mass is 10.2. The van der Waals surface area contributed by atoms with Gasteiger partial charge >= 0.3 is 0 Å². The van der Waals surface area contributed by atoms with E-state index in [4.69, 9.17) is 5.73 Å². The van der Waals surface area contributed by atoms with E-state index in [9.17, 15) is 14.5 Å². The van der Waals surface area contributed by atoms with E-state index in [0.717, 1.165) is 12.1 Å². The number of rotatable bonds is 1. The summed E-state index contributed by atoms with van der Waals surface area (Å²) in [6.45, 7) is 5.46. The van der Waals surface area contributed by atoms with Crippen molar-refractivity contribution in [3.63, 3.8) is 0 Å². The van der Waals surface area contributed by atoms with Gasteiger partial charge in [-0.05, 0) is 13.0 Å². The minimum atomic E-state index is -0.627. The molecule has 0 atom stereocenters. The summed E-state index contributed by atoms with van der Waals surface area (Å²) in [5.41, 5.74) is 5.06. The number of anilines is 1. The van der Waals surface area contributed by atoms with Crippen LogP contribution in [0.5, 0.6) is 0 Å². The molecule has 0 spiro atoms. The number of hydrogen-bond acceptors (Lipinski definition) is 3. The Bertz CT molecular complexity index is 340. The largest absolute Gasteiger partial charge is 0.396 e. The van der Waals surface area contributed by atoms with Gasteiger partial charge in [0.1, 0.15) is 5.82 Å². The van der Waals surface area contributed by atoms with Crippen LogP contribution in [0.4, 0.5) is 15.8 Å². The number of nitrogens with two attached hydrogens (primary N) is 1. The van der Waals surface area contributed by atoms with E-state index in [1.807, 2.05) is 13.8 Å². The first-order valence-electron chi connectivity index (χ1n) is 4.22. The highest BCUT2D eigenvalue weighted by atomic mass is 19.1. The zero-order chi connectivity index (χ0) is 11.3. The van der Waals surface area contributed by atoms with Gasteiger partial charge in [-0.3, -0.25) is 10.1 Å². The maximum Gasteiger partial charge on any atom is 0.274 e. The average Bonchev–Trinajstić information content (AvgIpc) is 2.14. The van der Waals surface area contributed by atoms with Crippen molar-refractivity contribution in [1.82, 2.24) is 0 Å². The molecule has 0 aromatic heterocycles. The number of aryl methyl sites for hydroxylation is 1. The predicted molar refractivity (Wildman–Crippen MR) is 53.6 cm³/mol. The van der Waals surface area contributed by atoms with E-state index in [-0.39, 0.29) is 16.9 Å². The molecule has 0 saturated carbocycles. The molecule has 0 radical (unpaired) electrons. The Hall–Kier alpha value is -1.65. The number of nitrogens with zero attached hydrogens (tertiary/aromatic N) is 1. The highest BCUT2D eigenvalue weighted by molar-refractivity contribution is 5.52. The standard InChI is InChI=1S/C7H7FN2O2.C2H6/c1-4-2-5(8)6(9)3-7(4)10(11)12;1-2/h2-3H,9H2,1H3;1-2H3. The quantitative estimate of drug-likeness (QED) is 0.430. The average molecular weight is 200 g/mol. The third kappa shape index (κ3) is 2.69. The number of nitrogen functional groups attached to an aromatic ring is 1. The number of halogens is 1. The van der Waals surface area contributed by atoms with Gasteiger partial charge in [-0.25, -0.2) is 4.39 Å². The van der Waals surface area contributed by atoms with E-state index < -0.39 is 10.7 Å². The number of hydrogen-bond donors (Lipinski definition) is 1. The molecule has 5 heteroatoms. The third-order valence-electron chi connectivity index (χ3n) is 1.51. The second-order valence-corrected chi connectivity index (χ2v) is 2.42. The first kappa shape index (κ1) is 12.3. The zero-order valence-electron chi connectivity index (χ0n) is 8.37. The van der Waals surface area contributed by atoms with Gasteiger partial charge in [-0.1, -0.05) is 13.8 Å². The summed E-state index contributed by atoms with van der Waals surface area (Å²) in [6.07, 6.45) is 0. The molecular formula is C9H13FN2O2. The van der Waals surface area contributed by atoms with Crippen LogP contribution in [0, 0.1) is 22.9 Å². The summed E-state index contributed by atoms with van der Waals surface area (Å²) in [4.78, 5) is 9.72. The fraction of sp³-hybridized carbons (Fsp3) is 0.333. The van der Waals surface area contributed by atoms with Crippen molar-refractivity contribution in [2.24, 2.45) is 0 Å². The van der Waals surface area contributed by atoms with Gasteiger partial charge in [0, 0.05) is 11.6 Å². The van der Waals surface area contributed by atoms with Crippen molar-refractivity contribution in [1.29, 1.82) is 0 Å². The van der Waals surface area contributed by atoms with Crippen LogP contribution >= 0.6 is 0 Å². The molecule has 1 aromatic rings. The molecule has 2 N–H and O–H groups in total. The van der Waals surface area contributed by atoms with Gasteiger partial charge in [-0.15, -0.1) is 0 Å². The Balaban J connectivity index is 0.000000791. The molecule has 1 aromatic carbocycles. The maximum atomic E-state index is 12.7. The fourth-order valence-electron chi connectivity index (χ4n) is 0.874. The minimum Gasteiger partial charge on any atom is -0.396 e. The van der Waals surface area contributed by atoms with Crippen molar-refractivity contribution in [2.75, 3.05) is 5.73 Å². The Morgan fingerprint density at radius 3 is 2.36 bits per heavy atom. The molecule has 1 rings (SSSR count). The third-order valence-corrected chi connectivity index (χ3v) is 1.51. The van der Waals surface area contributed by atoms with Crippen LogP contribution in [0.1, 0.15) is 19.4 Å². The Labute approximate surface area is 81.7 Å². The summed E-state index contributed by atoms with van der Waals surface area (Å²) >= 11 is 0. The monoisotopic (exact) mass is 200 g/mol. The molecule has 14 heavy (non-hydrogen) atoms. The van der Waals surface area contributed by atoms with E-state index in [1.54, 1.807) is 0 Å². The second kappa shape index (κ2) is 5.16. The summed E-state index contributed by atoms with van der Waals surface area (Å²) in [5, 5.41) is 10.3. The van der Waals surface area contributed by atoms with Crippen molar-refractivity contribution in [3.8, 4) is 0 Å². The van der Waals surface area contributed by atoms with Crippen LogP contribution in [0.2, 0.25) is 0 Å². The smallest absolute Gasteiger partial charge is 0.274 e. The fourth-order valence-corrected chi connectivity index (χ4v) is 0.874. The SMILES string of the molecule is CC.Cc1cc(F)c(N)cc1[N+](=O)[O-]. The van der Waals surface area contributed by atoms with E-state index >= 15 is 0 Å². The first-order chi connectivity index (χ1) is 6.52. The lowest BCUT2D eigenvalue weighted by molar-refractivity contribution is -0.385. The van der Waals surface area contributed by atoms with Crippen LogP contribution < -0.4 is 5.73 Å². The Kier molecular flexibility index (Phi) is 4.55. The van der Waals surface area contributed by atoms with Crippen LogP contribution in [0.15, 0.2) is 12.1 Å². The number of benzene rings is 1. The predicted octanol–water partition coefficient (Wildman–Crippen LogP) is 2.65. The summed E-state index contributed by atoms with van der Waals surface area (Å²) in [5.74, 6) is -0.627. The highest BCUT2D eigenvalue weighted by Gasteiger charge is 2.13. The molecule has 0 bridgehead atoms. The van der Waals surface area contributed by atoms with Crippen LogP contribution in [-0.2, 0) is 0 Å². The van der Waals surface area contributed by atoms with Gasteiger partial charge in [0.25, 0.3) is 5.69 Å². The molecule has 0 amide bonds. The Morgan fingerprint density at radius 2 is 1.93 bits per heavy atom. The highest BCUT2D eigenvalue weighted by Crippen LogP contribution is 2.23. The first-order valence-corrected chi connectivity index (χ1v) is 4.22. The molecule has 0 aliphatic carbocycles. The van der Waals surface area contributed by atoms with Gasteiger partial charge in [0.05, 0.1) is 10.6 Å². The van der Waals surface area contributed by atoms with Gasteiger partial charge < -0.3 is 5.73 Å². The van der Waals surface area contributed by atoms with Crippen molar-refractivity contribution < 1.29 is 9.31 Å². The number of nitro benzene ring substituents is 1. The van der Waals surface area contributed by atoms with Crippen LogP contribution in [0.25, 0.3) is 0 Å². The van der Waals surface area contributed by atoms with Gasteiger partial charge in [0.2, 0.25) is 0 Å². The Morgan fingerprint density at radius 1 is 1.43 bits per heavy atom. The molecule has 0 aliphatic heterocycles. The van der Waals surface area contributed by atoms with E-state index in [0.29, 0.717) is 0 Å². The molecule has 78 valence electrons. The number of nitro groups is 1. The topological polar surface area (TPSA) is 69.2 Å². The van der Waals surface area contributed by atoms with Crippen molar-refractivity contribution >= 4 is 11.4 Å². The maximum absolute atomic E-state index is 12.7. The van der Waals surface area contributed by atoms with E-state index in [1.165, 1.54) is 6.92 Å². The zero-order valence-corrected chi connectivity index (χ0v) is 8.37. The van der Waals surface area contributed by atoms with Crippen LogP contribution in [-0.4, -0.2) is 4.92 Å². The van der Waals surface area contributed by atoms with Gasteiger partial charge in [0.15, 0.2) is 0 Å². The lowest BCUT2D eigenvalue weighted by Gasteiger charge is -1.99. The molecule has 0 saturated heterocycles. The molecule has 4 nitrogen and oxygen atoms in total. The minimum absolute atomic E-state index is 0.158. The molecule has 0 aliphatic rings. The molecular weight excluding hydrogens is 187 g/mol. The van der Waals surface area contributed by atoms with Crippen LogP contribution in [0.3, 0.4) is 0 Å². The molecule has 0 heterocycles. The lowest BCUT2D eigenvalue weighted by Crippen LogP contribution is -1.97. The van der Waals surface area contributed by atoms with E-state index in [2.05, 4.69) is 0 Å². The van der Waals surface area contributed by atoms with Crippen molar-refractivity contribution in [3.05, 3.63) is 33.6 Å².